The largest absolute Gasteiger partial charge is 0.462 e. The van der Waals surface area contributed by atoms with Crippen LogP contribution in [0.2, 0.25) is 0 Å². The maximum Gasteiger partial charge on any atom is 0.340 e. The average Bonchev–Trinajstić information content (AvgIpc) is 2.83. The maximum absolute atomic E-state index is 13.9. The Bertz CT molecular complexity index is 1280. The highest BCUT2D eigenvalue weighted by atomic mass is 32.2. The van der Waals surface area contributed by atoms with E-state index >= 15 is 0 Å². The van der Waals surface area contributed by atoms with Crippen LogP contribution in [0.4, 0.5) is 15.8 Å². The Labute approximate surface area is 202 Å². The fraction of sp³-hybridized carbons (Fsp3) is 0.167. The molecule has 0 atom stereocenters. The Morgan fingerprint density at radius 3 is 2.38 bits per heavy atom. The third-order valence-corrected chi connectivity index (χ3v) is 7.26. The van der Waals surface area contributed by atoms with Crippen molar-refractivity contribution in [3.8, 4) is 0 Å². The van der Waals surface area contributed by atoms with E-state index in [0.29, 0.717) is 0 Å². The summed E-state index contributed by atoms with van der Waals surface area (Å²) in [5.41, 5.74) is 0.292. The van der Waals surface area contributed by atoms with Gasteiger partial charge in [0.05, 0.1) is 28.4 Å². The number of rotatable bonds is 9. The standard InChI is InChI=1S/C24H23FN2O5S2/c1-3-32-24(29)21-9-4-5-10-22(21)26-23(28)16-27(18-8-6-7-17(25)15-18)34(30,31)20-13-11-19(33-2)12-14-20/h4-15H,3,16H2,1-2H3,(H,26,28). The second-order valence-corrected chi connectivity index (χ2v) is 9.72. The molecular weight excluding hydrogens is 479 g/mol. The van der Waals surface area contributed by atoms with Gasteiger partial charge in [0, 0.05) is 4.90 Å². The van der Waals surface area contributed by atoms with Gasteiger partial charge < -0.3 is 10.1 Å². The van der Waals surface area contributed by atoms with Crippen LogP contribution in [0.1, 0.15) is 17.3 Å². The fourth-order valence-corrected chi connectivity index (χ4v) is 4.94. The molecule has 0 heterocycles. The summed E-state index contributed by atoms with van der Waals surface area (Å²) in [7, 11) is -4.21. The highest BCUT2D eigenvalue weighted by Gasteiger charge is 2.28. The zero-order chi connectivity index (χ0) is 24.7. The van der Waals surface area contributed by atoms with Gasteiger partial charge in [0.15, 0.2) is 0 Å². The second kappa shape index (κ2) is 11.2. The van der Waals surface area contributed by atoms with Gasteiger partial charge in [-0.3, -0.25) is 9.10 Å². The summed E-state index contributed by atoms with van der Waals surface area (Å²) in [5.74, 6) is -1.99. The molecule has 3 aromatic rings. The summed E-state index contributed by atoms with van der Waals surface area (Å²) in [5, 5.41) is 2.56. The van der Waals surface area contributed by atoms with E-state index in [1.54, 1.807) is 31.2 Å². The molecule has 0 spiro atoms. The lowest BCUT2D eigenvalue weighted by Crippen LogP contribution is -2.38. The van der Waals surface area contributed by atoms with Crippen LogP contribution >= 0.6 is 11.8 Å². The quantitative estimate of drug-likeness (QED) is 0.341. The summed E-state index contributed by atoms with van der Waals surface area (Å²) in [6.07, 6.45) is 1.86. The number of ether oxygens (including phenoxy) is 1. The maximum atomic E-state index is 13.9. The predicted molar refractivity (Wildman–Crippen MR) is 130 cm³/mol. The number of benzene rings is 3. The van der Waals surface area contributed by atoms with E-state index < -0.39 is 34.3 Å². The Balaban J connectivity index is 1.94. The lowest BCUT2D eigenvalue weighted by Gasteiger charge is -2.24. The predicted octanol–water partition coefficient (Wildman–Crippen LogP) is 4.56. The van der Waals surface area contributed by atoms with Gasteiger partial charge in [-0.05, 0) is 67.8 Å². The third kappa shape index (κ3) is 5.95. The molecule has 178 valence electrons. The van der Waals surface area contributed by atoms with Crippen LogP contribution in [0, 0.1) is 5.82 Å². The van der Waals surface area contributed by atoms with Gasteiger partial charge in [-0.1, -0.05) is 18.2 Å². The number of esters is 1. The molecule has 3 rings (SSSR count). The topological polar surface area (TPSA) is 92.8 Å². The van der Waals surface area contributed by atoms with Crippen LogP contribution in [0.25, 0.3) is 0 Å². The van der Waals surface area contributed by atoms with Crippen LogP contribution in [0.15, 0.2) is 82.6 Å². The van der Waals surface area contributed by atoms with Crippen molar-refractivity contribution in [3.05, 3.63) is 84.2 Å². The van der Waals surface area contributed by atoms with Crippen LogP contribution < -0.4 is 9.62 Å². The van der Waals surface area contributed by atoms with E-state index in [-0.39, 0.29) is 28.4 Å². The first-order valence-corrected chi connectivity index (χ1v) is 12.9. The normalized spacial score (nSPS) is 11.0. The highest BCUT2D eigenvalue weighted by Crippen LogP contribution is 2.26. The van der Waals surface area contributed by atoms with Gasteiger partial charge in [-0.15, -0.1) is 11.8 Å². The molecule has 0 saturated heterocycles. The van der Waals surface area contributed by atoms with Crippen molar-refractivity contribution in [2.24, 2.45) is 0 Å². The zero-order valence-electron chi connectivity index (χ0n) is 18.5. The van der Waals surface area contributed by atoms with E-state index in [1.165, 1.54) is 54.2 Å². The number of nitrogens with one attached hydrogen (secondary N) is 1. The highest BCUT2D eigenvalue weighted by molar-refractivity contribution is 7.98. The molecule has 0 saturated carbocycles. The van der Waals surface area contributed by atoms with Crippen LogP contribution in [-0.2, 0) is 19.6 Å². The Kier molecular flexibility index (Phi) is 8.30. The molecular formula is C24H23FN2O5S2. The van der Waals surface area contributed by atoms with Crippen molar-refractivity contribution in [2.75, 3.05) is 29.0 Å². The van der Waals surface area contributed by atoms with Crippen molar-refractivity contribution in [1.29, 1.82) is 0 Å². The van der Waals surface area contributed by atoms with Gasteiger partial charge in [0.25, 0.3) is 10.0 Å². The number of halogens is 1. The Hall–Kier alpha value is -3.37. The summed E-state index contributed by atoms with van der Waals surface area (Å²) >= 11 is 1.45. The molecule has 0 unspecified atom stereocenters. The molecule has 0 bridgehead atoms. The monoisotopic (exact) mass is 502 g/mol. The molecule has 0 aromatic heterocycles. The zero-order valence-corrected chi connectivity index (χ0v) is 20.2. The molecule has 0 aliphatic heterocycles. The van der Waals surface area contributed by atoms with E-state index in [1.807, 2.05) is 6.26 Å². The lowest BCUT2D eigenvalue weighted by molar-refractivity contribution is -0.114. The van der Waals surface area contributed by atoms with Crippen molar-refractivity contribution in [3.63, 3.8) is 0 Å². The van der Waals surface area contributed by atoms with Gasteiger partial charge in [-0.2, -0.15) is 0 Å². The molecule has 0 aliphatic rings. The van der Waals surface area contributed by atoms with Crippen molar-refractivity contribution >= 4 is 45.0 Å². The van der Waals surface area contributed by atoms with Gasteiger partial charge in [0.2, 0.25) is 5.91 Å². The van der Waals surface area contributed by atoms with E-state index in [9.17, 15) is 22.4 Å². The van der Waals surface area contributed by atoms with E-state index in [2.05, 4.69) is 5.32 Å². The number of nitrogens with zero attached hydrogens (tertiary/aromatic N) is 1. The smallest absolute Gasteiger partial charge is 0.340 e. The van der Waals surface area contributed by atoms with Crippen molar-refractivity contribution < 1.29 is 27.1 Å². The molecule has 7 nitrogen and oxygen atoms in total. The van der Waals surface area contributed by atoms with Crippen molar-refractivity contribution in [2.45, 2.75) is 16.7 Å². The number of carbonyl (C=O) groups excluding carboxylic acids is 2. The first kappa shape index (κ1) is 25.3. The van der Waals surface area contributed by atoms with Gasteiger partial charge >= 0.3 is 5.97 Å². The minimum absolute atomic E-state index is 0.0113. The molecule has 10 heteroatoms. The number of para-hydroxylation sites is 1. The first-order valence-electron chi connectivity index (χ1n) is 10.2. The number of hydrogen-bond donors (Lipinski definition) is 1. The first-order chi connectivity index (χ1) is 16.3. The van der Waals surface area contributed by atoms with E-state index in [0.717, 1.165) is 15.3 Å². The molecule has 0 radical (unpaired) electrons. The third-order valence-electron chi connectivity index (χ3n) is 4.73. The van der Waals surface area contributed by atoms with Crippen molar-refractivity contribution in [1.82, 2.24) is 0 Å². The number of hydrogen-bond acceptors (Lipinski definition) is 6. The number of sulfonamides is 1. The summed E-state index contributed by atoms with van der Waals surface area (Å²) < 4.78 is 46.6. The Morgan fingerprint density at radius 1 is 1.03 bits per heavy atom. The molecule has 3 aromatic carbocycles. The minimum atomic E-state index is -4.21. The lowest BCUT2D eigenvalue weighted by atomic mass is 10.2. The van der Waals surface area contributed by atoms with E-state index in [4.69, 9.17) is 4.74 Å². The molecule has 1 amide bonds. The molecule has 34 heavy (non-hydrogen) atoms. The fourth-order valence-electron chi connectivity index (χ4n) is 3.12. The number of carbonyl (C=O) groups is 2. The number of anilines is 2. The number of amides is 1. The average molecular weight is 503 g/mol. The second-order valence-electron chi connectivity index (χ2n) is 6.98. The van der Waals surface area contributed by atoms with Crippen LogP contribution in [0.3, 0.4) is 0 Å². The van der Waals surface area contributed by atoms with Gasteiger partial charge in [-0.25, -0.2) is 17.6 Å². The SMILES string of the molecule is CCOC(=O)c1ccccc1NC(=O)CN(c1cccc(F)c1)S(=O)(=O)c1ccc(SC)cc1. The van der Waals surface area contributed by atoms with Crippen LogP contribution in [0.5, 0.6) is 0 Å². The summed E-state index contributed by atoms with van der Waals surface area (Å²) in [6, 6.07) is 17.4. The minimum Gasteiger partial charge on any atom is -0.462 e. The molecule has 0 aliphatic carbocycles. The number of thioether (sulfide) groups is 1. The van der Waals surface area contributed by atoms with Crippen LogP contribution in [-0.4, -0.2) is 39.7 Å². The summed E-state index contributed by atoms with van der Waals surface area (Å²) in [6.45, 7) is 1.17. The van der Waals surface area contributed by atoms with Gasteiger partial charge in [0.1, 0.15) is 12.4 Å². The molecule has 1 N–H and O–H groups in total. The Morgan fingerprint density at radius 2 is 1.74 bits per heavy atom. The molecule has 0 fully saturated rings. The summed E-state index contributed by atoms with van der Waals surface area (Å²) in [4.78, 5) is 25.9.